The van der Waals surface area contributed by atoms with E-state index in [4.69, 9.17) is 5.73 Å². The van der Waals surface area contributed by atoms with Crippen LogP contribution in [0.3, 0.4) is 0 Å². The number of nitrogens with two attached hydrogens (primary N) is 1. The summed E-state index contributed by atoms with van der Waals surface area (Å²) in [7, 11) is 0. The number of nitrogens with zero attached hydrogens (tertiary/aromatic N) is 1. The Balaban J connectivity index is 2.31. The Bertz CT molecular complexity index is 193. The second-order valence-electron chi connectivity index (χ2n) is 5.92. The molecule has 0 aromatic rings. The van der Waals surface area contributed by atoms with Gasteiger partial charge in [0.1, 0.15) is 0 Å². The van der Waals surface area contributed by atoms with Crippen LogP contribution in [0, 0.1) is 11.3 Å². The molecule has 2 atom stereocenters. The molecule has 2 nitrogen and oxygen atoms in total. The van der Waals surface area contributed by atoms with Crippen LogP contribution >= 0.6 is 0 Å². The van der Waals surface area contributed by atoms with Crippen molar-refractivity contribution in [3.63, 3.8) is 0 Å². The first-order chi connectivity index (χ1) is 7.63. The molecule has 1 fully saturated rings. The average molecular weight is 226 g/mol. The van der Waals surface area contributed by atoms with Crippen molar-refractivity contribution in [2.45, 2.75) is 52.9 Å². The van der Waals surface area contributed by atoms with Gasteiger partial charge in [-0.25, -0.2) is 0 Å². The molecular formula is C14H30N2. The number of hydrogen-bond donors (Lipinski definition) is 1. The zero-order chi connectivity index (χ0) is 12.0. The van der Waals surface area contributed by atoms with Crippen LogP contribution < -0.4 is 5.73 Å². The summed E-state index contributed by atoms with van der Waals surface area (Å²) in [6.07, 6.45) is 6.74. The lowest BCUT2D eigenvalue weighted by atomic mass is 9.90. The van der Waals surface area contributed by atoms with Gasteiger partial charge >= 0.3 is 0 Å². The van der Waals surface area contributed by atoms with Crippen molar-refractivity contribution < 1.29 is 0 Å². The Morgan fingerprint density at radius 1 is 1.38 bits per heavy atom. The molecule has 2 unspecified atom stereocenters. The van der Waals surface area contributed by atoms with Gasteiger partial charge in [0.05, 0.1) is 0 Å². The highest BCUT2D eigenvalue weighted by Gasteiger charge is 2.32. The molecule has 0 bridgehead atoms. The maximum absolute atomic E-state index is 5.85. The molecule has 2 heteroatoms. The van der Waals surface area contributed by atoms with Crippen LogP contribution in [0.25, 0.3) is 0 Å². The molecule has 0 aliphatic carbocycles. The molecule has 0 radical (unpaired) electrons. The lowest BCUT2D eigenvalue weighted by Gasteiger charge is -2.25. The summed E-state index contributed by atoms with van der Waals surface area (Å²) in [5.74, 6) is 0.903. The second kappa shape index (κ2) is 6.61. The lowest BCUT2D eigenvalue weighted by molar-refractivity contribution is 0.232. The first-order valence-electron chi connectivity index (χ1n) is 7.06. The fourth-order valence-electron chi connectivity index (χ4n) is 2.73. The molecule has 0 aromatic carbocycles. The fourth-order valence-corrected chi connectivity index (χ4v) is 2.73. The molecule has 0 aromatic heterocycles. The molecule has 0 spiro atoms. The maximum atomic E-state index is 5.85. The average Bonchev–Trinajstić information content (AvgIpc) is 2.67. The molecule has 1 aliphatic rings. The number of rotatable bonds is 7. The van der Waals surface area contributed by atoms with E-state index in [2.05, 4.69) is 25.7 Å². The van der Waals surface area contributed by atoms with Gasteiger partial charge in [-0.3, -0.25) is 0 Å². The van der Waals surface area contributed by atoms with Gasteiger partial charge in [0.15, 0.2) is 0 Å². The molecular weight excluding hydrogens is 196 g/mol. The monoisotopic (exact) mass is 226 g/mol. The third-order valence-electron chi connectivity index (χ3n) is 4.19. The van der Waals surface area contributed by atoms with Crippen molar-refractivity contribution >= 4 is 0 Å². The Morgan fingerprint density at radius 3 is 2.62 bits per heavy atom. The zero-order valence-corrected chi connectivity index (χ0v) is 11.5. The molecule has 96 valence electrons. The quantitative estimate of drug-likeness (QED) is 0.723. The van der Waals surface area contributed by atoms with Crippen molar-refractivity contribution in [3.05, 3.63) is 0 Å². The highest BCUT2D eigenvalue weighted by molar-refractivity contribution is 4.87. The Hall–Kier alpha value is -0.0800. The van der Waals surface area contributed by atoms with Crippen molar-refractivity contribution in [1.29, 1.82) is 0 Å². The molecule has 2 N–H and O–H groups in total. The summed E-state index contributed by atoms with van der Waals surface area (Å²) in [4.78, 5) is 2.64. The van der Waals surface area contributed by atoms with E-state index in [1.165, 1.54) is 51.7 Å². The normalized spacial score (nSPS) is 28.5. The van der Waals surface area contributed by atoms with E-state index in [1.807, 2.05) is 0 Å². The van der Waals surface area contributed by atoms with Crippen LogP contribution in [0.2, 0.25) is 0 Å². The molecule has 0 amide bonds. The summed E-state index contributed by atoms with van der Waals surface area (Å²) in [6, 6.07) is 0. The van der Waals surface area contributed by atoms with Gasteiger partial charge in [0, 0.05) is 13.1 Å². The van der Waals surface area contributed by atoms with Crippen molar-refractivity contribution in [3.8, 4) is 0 Å². The first-order valence-corrected chi connectivity index (χ1v) is 7.06. The van der Waals surface area contributed by atoms with Crippen molar-refractivity contribution in [2.75, 3.05) is 26.2 Å². The van der Waals surface area contributed by atoms with Crippen LogP contribution in [-0.2, 0) is 0 Å². The van der Waals surface area contributed by atoms with Crippen LogP contribution in [0.15, 0.2) is 0 Å². The van der Waals surface area contributed by atoms with E-state index < -0.39 is 0 Å². The third-order valence-corrected chi connectivity index (χ3v) is 4.19. The number of hydrogen-bond acceptors (Lipinski definition) is 2. The van der Waals surface area contributed by atoms with Gasteiger partial charge in [0.2, 0.25) is 0 Å². The smallest absolute Gasteiger partial charge is 0.00480 e. The summed E-state index contributed by atoms with van der Waals surface area (Å²) in [6.45, 7) is 11.6. The molecule has 1 heterocycles. The molecule has 1 saturated heterocycles. The maximum Gasteiger partial charge on any atom is 0.00480 e. The summed E-state index contributed by atoms with van der Waals surface area (Å²) in [5.41, 5.74) is 6.24. The predicted molar refractivity (Wildman–Crippen MR) is 71.5 cm³/mol. The first kappa shape index (κ1) is 14.0. The molecule has 1 aliphatic heterocycles. The van der Waals surface area contributed by atoms with Crippen molar-refractivity contribution in [2.24, 2.45) is 17.1 Å². The van der Waals surface area contributed by atoms with Crippen LogP contribution in [0.1, 0.15) is 52.9 Å². The highest BCUT2D eigenvalue weighted by atomic mass is 15.2. The molecule has 0 saturated carbocycles. The molecule has 16 heavy (non-hydrogen) atoms. The summed E-state index contributed by atoms with van der Waals surface area (Å²) in [5, 5.41) is 0. The largest absolute Gasteiger partial charge is 0.330 e. The minimum absolute atomic E-state index is 0.392. The zero-order valence-electron chi connectivity index (χ0n) is 11.5. The fraction of sp³-hybridized carbons (Fsp3) is 1.00. The lowest BCUT2D eigenvalue weighted by Crippen LogP contribution is -2.33. The predicted octanol–water partition coefficient (Wildman–Crippen LogP) is 2.87. The van der Waals surface area contributed by atoms with Crippen molar-refractivity contribution in [1.82, 2.24) is 4.90 Å². The Labute approximate surface area is 102 Å². The minimum atomic E-state index is 0.392. The van der Waals surface area contributed by atoms with Crippen LogP contribution in [-0.4, -0.2) is 31.1 Å². The summed E-state index contributed by atoms with van der Waals surface area (Å²) >= 11 is 0. The van der Waals surface area contributed by atoms with Crippen LogP contribution in [0.5, 0.6) is 0 Å². The van der Waals surface area contributed by atoms with Gasteiger partial charge in [-0.1, -0.05) is 40.0 Å². The number of unbranched alkanes of at least 4 members (excludes halogenated alkanes) is 1. The van der Waals surface area contributed by atoms with Gasteiger partial charge in [-0.05, 0) is 37.3 Å². The SMILES string of the molecule is CCCCC(CC)CN1CCC(C)(CN)C1. The summed E-state index contributed by atoms with van der Waals surface area (Å²) < 4.78 is 0. The third kappa shape index (κ3) is 4.06. The van der Waals surface area contributed by atoms with E-state index >= 15 is 0 Å². The van der Waals surface area contributed by atoms with Gasteiger partial charge in [0.25, 0.3) is 0 Å². The van der Waals surface area contributed by atoms with Gasteiger partial charge in [-0.15, -0.1) is 0 Å². The topological polar surface area (TPSA) is 29.3 Å². The van der Waals surface area contributed by atoms with Crippen LogP contribution in [0.4, 0.5) is 0 Å². The minimum Gasteiger partial charge on any atom is -0.330 e. The highest BCUT2D eigenvalue weighted by Crippen LogP contribution is 2.29. The molecule has 1 rings (SSSR count). The Kier molecular flexibility index (Phi) is 5.77. The van der Waals surface area contributed by atoms with Gasteiger partial charge in [-0.2, -0.15) is 0 Å². The number of likely N-dealkylation sites (tertiary alicyclic amines) is 1. The van der Waals surface area contributed by atoms with E-state index in [-0.39, 0.29) is 0 Å². The standard InChI is InChI=1S/C14H30N2/c1-4-6-7-13(5-2)10-16-9-8-14(3,11-15)12-16/h13H,4-12,15H2,1-3H3. The Morgan fingerprint density at radius 2 is 2.12 bits per heavy atom. The van der Waals surface area contributed by atoms with E-state index in [0.717, 1.165) is 12.5 Å². The second-order valence-corrected chi connectivity index (χ2v) is 5.92. The van der Waals surface area contributed by atoms with E-state index in [0.29, 0.717) is 5.41 Å². The van der Waals surface area contributed by atoms with E-state index in [9.17, 15) is 0 Å². The van der Waals surface area contributed by atoms with Gasteiger partial charge < -0.3 is 10.6 Å². The van der Waals surface area contributed by atoms with E-state index in [1.54, 1.807) is 0 Å².